The molecular formula is C31H49N5O3S. The molecule has 0 fully saturated rings. The van der Waals surface area contributed by atoms with Crippen LogP contribution in [-0.4, -0.2) is 66.4 Å². The molecule has 0 saturated heterocycles. The maximum Gasteiger partial charge on any atom is 0.247 e. The highest BCUT2D eigenvalue weighted by Crippen LogP contribution is 2.24. The van der Waals surface area contributed by atoms with Crippen molar-refractivity contribution in [2.75, 3.05) is 32.7 Å². The Hall–Kier alpha value is -2.78. The molecule has 222 valence electrons. The first-order valence-electron chi connectivity index (χ1n) is 14.8. The third-order valence-electron chi connectivity index (χ3n) is 7.55. The fraction of sp³-hybridized carbons (Fsp3) is 0.613. The molecule has 1 aromatic heterocycles. The van der Waals surface area contributed by atoms with Crippen molar-refractivity contribution in [1.29, 1.82) is 0 Å². The lowest BCUT2D eigenvalue weighted by atomic mass is 9.91. The number of carbonyl (C=O) groups excluding carboxylic acids is 3. The first kappa shape index (κ1) is 33.4. The molecule has 0 aliphatic carbocycles. The van der Waals surface area contributed by atoms with Crippen LogP contribution in [0.2, 0.25) is 0 Å². The number of benzene rings is 1. The van der Waals surface area contributed by atoms with Crippen molar-refractivity contribution in [3.63, 3.8) is 0 Å². The Balaban J connectivity index is 2.08. The molecule has 0 aliphatic rings. The average molecular weight is 572 g/mol. The second kappa shape index (κ2) is 17.1. The van der Waals surface area contributed by atoms with Crippen LogP contribution in [0.3, 0.4) is 0 Å². The Morgan fingerprint density at radius 1 is 1.05 bits per heavy atom. The third-order valence-corrected chi connectivity index (χ3v) is 8.60. The number of thiazole rings is 1. The summed E-state index contributed by atoms with van der Waals surface area (Å²) >= 11 is 1.57. The average Bonchev–Trinajstić information content (AvgIpc) is 3.36. The summed E-state index contributed by atoms with van der Waals surface area (Å²) in [7, 11) is 0. The summed E-state index contributed by atoms with van der Waals surface area (Å²) in [5.74, 6) is -0.209. The molecule has 40 heavy (non-hydrogen) atoms. The van der Waals surface area contributed by atoms with Gasteiger partial charge in [-0.25, -0.2) is 4.98 Å². The third kappa shape index (κ3) is 10.3. The van der Waals surface area contributed by atoms with Crippen molar-refractivity contribution < 1.29 is 14.4 Å². The monoisotopic (exact) mass is 571 g/mol. The summed E-state index contributed by atoms with van der Waals surface area (Å²) in [5.41, 5.74) is 2.69. The highest BCUT2D eigenvalue weighted by atomic mass is 32.1. The summed E-state index contributed by atoms with van der Waals surface area (Å²) < 4.78 is 1.09. The van der Waals surface area contributed by atoms with E-state index < -0.39 is 6.04 Å². The molecule has 0 bridgehead atoms. The zero-order valence-electron chi connectivity index (χ0n) is 25.3. The lowest BCUT2D eigenvalue weighted by molar-refractivity contribution is -0.129. The summed E-state index contributed by atoms with van der Waals surface area (Å²) in [6.45, 7) is 19.5. The zero-order valence-corrected chi connectivity index (χ0v) is 26.1. The van der Waals surface area contributed by atoms with Gasteiger partial charge in [0.15, 0.2) is 0 Å². The van der Waals surface area contributed by atoms with Crippen molar-refractivity contribution in [3.05, 3.63) is 40.9 Å². The topological polar surface area (TPSA) is 103 Å². The van der Waals surface area contributed by atoms with Gasteiger partial charge in [0, 0.05) is 38.0 Å². The number of likely N-dealkylation sites (N-methyl/N-ethyl adjacent to an activating group) is 1. The van der Waals surface area contributed by atoms with Crippen LogP contribution >= 0.6 is 11.3 Å². The van der Waals surface area contributed by atoms with Gasteiger partial charge < -0.3 is 16.0 Å². The van der Waals surface area contributed by atoms with Crippen molar-refractivity contribution in [3.8, 4) is 0 Å². The normalized spacial score (nSPS) is 13.6. The number of carbonyl (C=O) groups is 3. The molecule has 2 rings (SSSR count). The van der Waals surface area contributed by atoms with Crippen molar-refractivity contribution >= 4 is 39.3 Å². The van der Waals surface area contributed by atoms with Gasteiger partial charge in [-0.05, 0) is 55.5 Å². The zero-order chi connectivity index (χ0) is 29.7. The highest BCUT2D eigenvalue weighted by Gasteiger charge is 2.25. The predicted molar refractivity (Wildman–Crippen MR) is 165 cm³/mol. The maximum absolute atomic E-state index is 13.4. The molecule has 9 heteroatoms. The summed E-state index contributed by atoms with van der Waals surface area (Å²) in [6.07, 6.45) is 3.26. The Morgan fingerprint density at radius 2 is 1.75 bits per heavy atom. The molecule has 8 nitrogen and oxygen atoms in total. The van der Waals surface area contributed by atoms with E-state index in [1.165, 1.54) is 5.56 Å². The van der Waals surface area contributed by atoms with E-state index in [9.17, 15) is 14.4 Å². The van der Waals surface area contributed by atoms with Gasteiger partial charge in [-0.1, -0.05) is 60.6 Å². The molecule has 0 aliphatic heterocycles. The van der Waals surface area contributed by atoms with Crippen molar-refractivity contribution in [2.45, 2.75) is 79.7 Å². The summed E-state index contributed by atoms with van der Waals surface area (Å²) in [5, 5.41) is 9.83. The number of nitrogens with zero attached hydrogens (tertiary/aromatic N) is 2. The van der Waals surface area contributed by atoms with Crippen LogP contribution in [-0.2, 0) is 27.2 Å². The van der Waals surface area contributed by atoms with E-state index in [0.717, 1.165) is 41.2 Å². The van der Waals surface area contributed by atoms with E-state index in [1.807, 2.05) is 13.0 Å². The molecule has 0 spiro atoms. The van der Waals surface area contributed by atoms with Gasteiger partial charge >= 0.3 is 0 Å². The predicted octanol–water partition coefficient (Wildman–Crippen LogP) is 4.48. The number of aromatic nitrogens is 1. The van der Waals surface area contributed by atoms with E-state index in [0.29, 0.717) is 44.5 Å². The minimum absolute atomic E-state index is 0.0427. The lowest BCUT2D eigenvalue weighted by Crippen LogP contribution is -2.50. The maximum atomic E-state index is 13.4. The smallest absolute Gasteiger partial charge is 0.247 e. The molecule has 1 unspecified atom stereocenters. The minimum Gasteiger partial charge on any atom is -0.354 e. The minimum atomic E-state index is -0.716. The molecule has 0 saturated carbocycles. The molecular weight excluding hydrogens is 522 g/mol. The second-order valence-corrected chi connectivity index (χ2v) is 11.6. The first-order chi connectivity index (χ1) is 19.1. The molecule has 0 radical (unpaired) electrons. The Labute approximate surface area is 244 Å². The standard InChI is InChI=1S/C31H49N5O3S/c1-8-13-28(37)34-26(17-29-35-25-15-14-23(10-3)16-27(25)40-29)31(39)33-19-24(21(6)9-2)18-32-30(38)22(7)20-36(11-4)12-5/h14-16,21,24,26H,7-13,17-20H2,1-6H3,(H,32,38)(H,33,39)(H,34,37)/t21-,24?,26-/m0/s1. The summed E-state index contributed by atoms with van der Waals surface area (Å²) in [6, 6.07) is 5.52. The number of nitrogens with one attached hydrogen (secondary N) is 3. The Morgan fingerprint density at radius 3 is 2.38 bits per heavy atom. The number of hydrogen-bond acceptors (Lipinski definition) is 6. The quantitative estimate of drug-likeness (QED) is 0.229. The van der Waals surface area contributed by atoms with Crippen LogP contribution in [0.1, 0.15) is 71.4 Å². The molecule has 1 heterocycles. The van der Waals surface area contributed by atoms with Gasteiger partial charge in [-0.2, -0.15) is 0 Å². The van der Waals surface area contributed by atoms with Crippen LogP contribution in [0, 0.1) is 11.8 Å². The second-order valence-electron chi connectivity index (χ2n) is 10.5. The first-order valence-corrected chi connectivity index (χ1v) is 15.6. The lowest BCUT2D eigenvalue weighted by Gasteiger charge is -2.26. The van der Waals surface area contributed by atoms with E-state index in [1.54, 1.807) is 11.3 Å². The molecule has 2 aromatic rings. The fourth-order valence-corrected chi connectivity index (χ4v) is 5.58. The van der Waals surface area contributed by atoms with Crippen LogP contribution in [0.25, 0.3) is 10.2 Å². The largest absolute Gasteiger partial charge is 0.354 e. The van der Waals surface area contributed by atoms with Gasteiger partial charge in [0.2, 0.25) is 17.7 Å². The van der Waals surface area contributed by atoms with Gasteiger partial charge in [0.05, 0.1) is 15.2 Å². The van der Waals surface area contributed by atoms with Crippen LogP contribution < -0.4 is 16.0 Å². The Kier molecular flexibility index (Phi) is 14.3. The van der Waals surface area contributed by atoms with Gasteiger partial charge in [-0.3, -0.25) is 19.3 Å². The SMILES string of the molecule is C=C(CN(CC)CC)C(=O)NCC(CNC(=O)[C@H](Cc1nc2ccc(CC)cc2s1)NC(=O)CCC)[C@@H](C)CC. The van der Waals surface area contributed by atoms with Crippen LogP contribution in [0.4, 0.5) is 0 Å². The van der Waals surface area contributed by atoms with Crippen LogP contribution in [0.5, 0.6) is 0 Å². The van der Waals surface area contributed by atoms with E-state index in [2.05, 4.69) is 74.2 Å². The van der Waals surface area contributed by atoms with E-state index in [-0.39, 0.29) is 29.6 Å². The number of aryl methyl sites for hydroxylation is 1. The van der Waals surface area contributed by atoms with Crippen molar-refractivity contribution in [2.24, 2.45) is 11.8 Å². The molecule has 3 N–H and O–H groups in total. The number of amides is 3. The van der Waals surface area contributed by atoms with Gasteiger partial charge in [0.1, 0.15) is 6.04 Å². The van der Waals surface area contributed by atoms with Crippen LogP contribution in [0.15, 0.2) is 30.4 Å². The number of fused-ring (bicyclic) bond motifs is 1. The van der Waals surface area contributed by atoms with Crippen molar-refractivity contribution in [1.82, 2.24) is 25.8 Å². The molecule has 3 atom stereocenters. The summed E-state index contributed by atoms with van der Waals surface area (Å²) in [4.78, 5) is 45.5. The van der Waals surface area contributed by atoms with E-state index in [4.69, 9.17) is 4.98 Å². The Bertz CT molecular complexity index is 1130. The fourth-order valence-electron chi connectivity index (χ4n) is 4.50. The van der Waals surface area contributed by atoms with Gasteiger partial charge in [0.25, 0.3) is 0 Å². The van der Waals surface area contributed by atoms with Gasteiger partial charge in [-0.15, -0.1) is 11.3 Å². The highest BCUT2D eigenvalue weighted by molar-refractivity contribution is 7.18. The molecule has 3 amide bonds. The number of rotatable bonds is 18. The van der Waals surface area contributed by atoms with E-state index >= 15 is 0 Å². The molecule has 1 aromatic carbocycles. The number of hydrogen-bond donors (Lipinski definition) is 3.